The Labute approximate surface area is 138 Å². The fourth-order valence-corrected chi connectivity index (χ4v) is 3.84. The van der Waals surface area contributed by atoms with Crippen molar-refractivity contribution in [1.29, 1.82) is 0 Å². The molecule has 0 saturated heterocycles. The number of hydrogen-bond acceptors (Lipinski definition) is 4. The van der Waals surface area contributed by atoms with Gasteiger partial charge in [0.05, 0.1) is 7.11 Å². The first-order valence-corrected chi connectivity index (χ1v) is 8.19. The Hall–Kier alpha value is -2.46. The molecule has 116 valence electrons. The molecule has 3 nitrogen and oxygen atoms in total. The highest BCUT2D eigenvalue weighted by atomic mass is 32.1. The number of fused-ring (bicyclic) bond motifs is 2. The van der Waals surface area contributed by atoms with E-state index in [1.165, 1.54) is 15.0 Å². The molecule has 1 aliphatic heterocycles. The predicted molar refractivity (Wildman–Crippen MR) is 93.7 cm³/mol. The molecular formula is C19H16O3S. The fourth-order valence-electron chi connectivity index (χ4n) is 2.71. The molecule has 0 radical (unpaired) electrons. The molecule has 1 aromatic heterocycles. The van der Waals surface area contributed by atoms with Crippen molar-refractivity contribution >= 4 is 27.0 Å². The Kier molecular flexibility index (Phi) is 3.46. The number of thiophene rings is 1. The molecule has 0 saturated carbocycles. The van der Waals surface area contributed by atoms with E-state index in [1.54, 1.807) is 18.4 Å². The molecule has 23 heavy (non-hydrogen) atoms. The second-order valence-corrected chi connectivity index (χ2v) is 6.63. The zero-order chi connectivity index (χ0) is 15.8. The first-order chi connectivity index (χ1) is 11.2. The van der Waals surface area contributed by atoms with Crippen LogP contribution in [0.1, 0.15) is 10.4 Å². The summed E-state index contributed by atoms with van der Waals surface area (Å²) in [5.74, 6) is 2.49. The van der Waals surface area contributed by atoms with E-state index in [2.05, 4.69) is 24.8 Å². The van der Waals surface area contributed by atoms with Crippen LogP contribution in [0.4, 0.5) is 0 Å². The van der Waals surface area contributed by atoms with E-state index in [9.17, 15) is 0 Å². The van der Waals surface area contributed by atoms with Gasteiger partial charge >= 0.3 is 0 Å². The van der Waals surface area contributed by atoms with Crippen LogP contribution in [-0.4, -0.2) is 13.9 Å². The highest BCUT2D eigenvalue weighted by molar-refractivity contribution is 7.19. The van der Waals surface area contributed by atoms with Crippen molar-refractivity contribution in [1.82, 2.24) is 0 Å². The zero-order valence-electron chi connectivity index (χ0n) is 12.8. The second kappa shape index (κ2) is 5.63. The number of benzene rings is 2. The Morgan fingerprint density at radius 1 is 1.13 bits per heavy atom. The lowest BCUT2D eigenvalue weighted by atomic mass is 10.0. The van der Waals surface area contributed by atoms with Crippen LogP contribution in [0.5, 0.6) is 17.2 Å². The van der Waals surface area contributed by atoms with Gasteiger partial charge in [-0.25, -0.2) is 0 Å². The van der Waals surface area contributed by atoms with Gasteiger partial charge in [-0.15, -0.1) is 11.3 Å². The van der Waals surface area contributed by atoms with Gasteiger partial charge in [-0.2, -0.15) is 0 Å². The molecule has 0 atom stereocenters. The fraction of sp³-hybridized carbons (Fsp3) is 0.158. The normalized spacial score (nSPS) is 12.6. The van der Waals surface area contributed by atoms with Gasteiger partial charge in [0.1, 0.15) is 5.75 Å². The van der Waals surface area contributed by atoms with Crippen LogP contribution in [-0.2, 0) is 6.42 Å². The molecule has 2 aromatic carbocycles. The van der Waals surface area contributed by atoms with Gasteiger partial charge < -0.3 is 14.2 Å². The van der Waals surface area contributed by atoms with Crippen molar-refractivity contribution in [2.75, 3.05) is 13.9 Å². The third kappa shape index (κ3) is 2.66. The van der Waals surface area contributed by atoms with E-state index >= 15 is 0 Å². The van der Waals surface area contributed by atoms with Crippen LogP contribution in [0.25, 0.3) is 15.7 Å². The second-order valence-electron chi connectivity index (χ2n) is 5.46. The SMILES string of the molecule is C=C(Cc1cc2ccc(OC)cc2s1)c1ccc2c(c1)OCO2. The minimum atomic E-state index is 0.295. The van der Waals surface area contributed by atoms with Gasteiger partial charge in [-0.3, -0.25) is 0 Å². The molecular weight excluding hydrogens is 308 g/mol. The van der Waals surface area contributed by atoms with Gasteiger partial charge in [0.15, 0.2) is 11.5 Å². The first kappa shape index (κ1) is 14.2. The number of allylic oxidation sites excluding steroid dienone is 1. The summed E-state index contributed by atoms with van der Waals surface area (Å²) in [5, 5.41) is 1.24. The molecule has 0 amide bonds. The van der Waals surface area contributed by atoms with Gasteiger partial charge in [-0.05, 0) is 52.9 Å². The van der Waals surface area contributed by atoms with Crippen molar-refractivity contribution < 1.29 is 14.2 Å². The van der Waals surface area contributed by atoms with E-state index in [-0.39, 0.29) is 0 Å². The summed E-state index contributed by atoms with van der Waals surface area (Å²) in [7, 11) is 1.69. The Morgan fingerprint density at radius 3 is 2.87 bits per heavy atom. The summed E-state index contributed by atoms with van der Waals surface area (Å²) in [6, 6.07) is 14.4. The summed E-state index contributed by atoms with van der Waals surface area (Å²) in [5.41, 5.74) is 2.16. The van der Waals surface area contributed by atoms with Crippen molar-refractivity contribution in [2.45, 2.75) is 6.42 Å². The maximum atomic E-state index is 5.44. The van der Waals surface area contributed by atoms with E-state index in [1.807, 2.05) is 24.3 Å². The number of methoxy groups -OCH3 is 1. The monoisotopic (exact) mass is 324 g/mol. The Balaban J connectivity index is 1.58. The third-order valence-electron chi connectivity index (χ3n) is 3.95. The molecule has 0 bridgehead atoms. The third-order valence-corrected chi connectivity index (χ3v) is 5.04. The Bertz CT molecular complexity index is 895. The molecule has 0 spiro atoms. The molecule has 4 heteroatoms. The summed E-state index contributed by atoms with van der Waals surface area (Å²) in [6.45, 7) is 4.53. The van der Waals surface area contributed by atoms with Crippen molar-refractivity contribution in [2.24, 2.45) is 0 Å². The number of hydrogen-bond donors (Lipinski definition) is 0. The summed E-state index contributed by atoms with van der Waals surface area (Å²) in [6.07, 6.45) is 0.821. The summed E-state index contributed by atoms with van der Waals surface area (Å²) < 4.78 is 17.3. The molecule has 4 rings (SSSR count). The minimum absolute atomic E-state index is 0.295. The smallest absolute Gasteiger partial charge is 0.231 e. The van der Waals surface area contributed by atoms with Crippen LogP contribution in [0.15, 0.2) is 49.0 Å². The topological polar surface area (TPSA) is 27.7 Å². The quantitative estimate of drug-likeness (QED) is 0.683. The van der Waals surface area contributed by atoms with Crippen molar-refractivity contribution in [3.8, 4) is 17.2 Å². The molecule has 0 aliphatic carbocycles. The van der Waals surface area contributed by atoms with E-state index in [0.717, 1.165) is 34.8 Å². The van der Waals surface area contributed by atoms with Crippen LogP contribution >= 0.6 is 11.3 Å². The molecule has 0 fully saturated rings. The van der Waals surface area contributed by atoms with E-state index in [0.29, 0.717) is 6.79 Å². The average Bonchev–Trinajstić information content (AvgIpc) is 3.18. The lowest BCUT2D eigenvalue weighted by Crippen LogP contribution is -1.93. The maximum absolute atomic E-state index is 5.44. The van der Waals surface area contributed by atoms with Crippen molar-refractivity contribution in [3.63, 3.8) is 0 Å². The standard InChI is InChI=1S/C19H16O3S/c1-12(13-4-6-17-18(9-13)22-11-21-17)7-16-8-14-3-5-15(20-2)10-19(14)23-16/h3-6,8-10H,1,7,11H2,2H3. The lowest BCUT2D eigenvalue weighted by molar-refractivity contribution is 0.174. The molecule has 0 N–H and O–H groups in total. The Morgan fingerprint density at radius 2 is 2.00 bits per heavy atom. The molecule has 1 aliphatic rings. The maximum Gasteiger partial charge on any atom is 0.231 e. The minimum Gasteiger partial charge on any atom is -0.497 e. The largest absolute Gasteiger partial charge is 0.497 e. The number of rotatable bonds is 4. The van der Waals surface area contributed by atoms with Crippen LogP contribution < -0.4 is 14.2 Å². The molecule has 2 heterocycles. The van der Waals surface area contributed by atoms with Crippen molar-refractivity contribution in [3.05, 3.63) is 59.5 Å². The highest BCUT2D eigenvalue weighted by Gasteiger charge is 2.14. The number of ether oxygens (including phenoxy) is 3. The van der Waals surface area contributed by atoms with E-state index in [4.69, 9.17) is 14.2 Å². The van der Waals surface area contributed by atoms with Crippen LogP contribution in [0, 0.1) is 0 Å². The molecule has 3 aromatic rings. The van der Waals surface area contributed by atoms with Gasteiger partial charge in [0.25, 0.3) is 0 Å². The summed E-state index contributed by atoms with van der Waals surface area (Å²) >= 11 is 1.78. The molecule has 0 unspecified atom stereocenters. The van der Waals surface area contributed by atoms with Crippen LogP contribution in [0.2, 0.25) is 0 Å². The first-order valence-electron chi connectivity index (χ1n) is 7.37. The summed E-state index contributed by atoms with van der Waals surface area (Å²) in [4.78, 5) is 1.29. The van der Waals surface area contributed by atoms with Gasteiger partial charge in [-0.1, -0.05) is 12.6 Å². The zero-order valence-corrected chi connectivity index (χ0v) is 13.6. The average molecular weight is 324 g/mol. The lowest BCUT2D eigenvalue weighted by Gasteiger charge is -2.05. The predicted octanol–water partition coefficient (Wildman–Crippen LogP) is 4.89. The highest BCUT2D eigenvalue weighted by Crippen LogP contribution is 2.36. The van der Waals surface area contributed by atoms with Gasteiger partial charge in [0.2, 0.25) is 6.79 Å². The van der Waals surface area contributed by atoms with Crippen LogP contribution in [0.3, 0.4) is 0 Å². The van der Waals surface area contributed by atoms with E-state index < -0.39 is 0 Å². The van der Waals surface area contributed by atoms with Gasteiger partial charge in [0, 0.05) is 16.0 Å².